The molecule has 1 heterocycles. The van der Waals surface area contributed by atoms with Gasteiger partial charge in [0, 0.05) is 6.42 Å². The Kier molecular flexibility index (Phi) is 4.09. The SMILES string of the molecule is CC(CC(=O)c1cc2c(cc1F)COB2O)c1ccccc1. The fourth-order valence-corrected chi connectivity index (χ4v) is 2.75. The molecule has 0 saturated carbocycles. The molecule has 0 aliphatic carbocycles. The molecule has 5 heteroatoms. The predicted molar refractivity (Wildman–Crippen MR) is 82.6 cm³/mol. The number of benzene rings is 2. The van der Waals surface area contributed by atoms with Gasteiger partial charge in [0.2, 0.25) is 0 Å². The second-order valence-corrected chi connectivity index (χ2v) is 5.63. The molecule has 3 nitrogen and oxygen atoms in total. The largest absolute Gasteiger partial charge is 0.491 e. The van der Waals surface area contributed by atoms with Crippen LogP contribution in [0.4, 0.5) is 4.39 Å². The highest BCUT2D eigenvalue weighted by Gasteiger charge is 2.30. The van der Waals surface area contributed by atoms with E-state index in [4.69, 9.17) is 4.65 Å². The lowest BCUT2D eigenvalue weighted by Crippen LogP contribution is -2.29. The van der Waals surface area contributed by atoms with Crippen molar-refractivity contribution in [2.45, 2.75) is 25.9 Å². The van der Waals surface area contributed by atoms with Crippen molar-refractivity contribution in [3.63, 3.8) is 0 Å². The Morgan fingerprint density at radius 2 is 2.09 bits per heavy atom. The van der Waals surface area contributed by atoms with Gasteiger partial charge in [-0.15, -0.1) is 0 Å². The van der Waals surface area contributed by atoms with Gasteiger partial charge >= 0.3 is 7.12 Å². The van der Waals surface area contributed by atoms with Crippen LogP contribution in [0.1, 0.15) is 40.7 Å². The van der Waals surface area contributed by atoms with Gasteiger partial charge in [-0.1, -0.05) is 37.3 Å². The van der Waals surface area contributed by atoms with E-state index in [2.05, 4.69) is 0 Å². The zero-order valence-corrected chi connectivity index (χ0v) is 12.3. The summed E-state index contributed by atoms with van der Waals surface area (Å²) in [4.78, 5) is 12.4. The number of rotatable bonds is 4. The summed E-state index contributed by atoms with van der Waals surface area (Å²) < 4.78 is 19.2. The fourth-order valence-electron chi connectivity index (χ4n) is 2.75. The molecule has 0 fully saturated rings. The first kappa shape index (κ1) is 14.9. The fraction of sp³-hybridized carbons (Fsp3) is 0.235. The van der Waals surface area contributed by atoms with Crippen molar-refractivity contribution >= 4 is 18.4 Å². The minimum absolute atomic E-state index is 0.00234. The van der Waals surface area contributed by atoms with Gasteiger partial charge < -0.3 is 9.68 Å². The molecule has 2 aromatic rings. The number of Topliss-reactive ketones (excluding diaryl/α,β-unsaturated/α-hetero) is 1. The lowest BCUT2D eigenvalue weighted by Gasteiger charge is -2.12. The Bertz CT molecular complexity index is 703. The third-order valence-corrected chi connectivity index (χ3v) is 4.05. The molecule has 0 bridgehead atoms. The van der Waals surface area contributed by atoms with E-state index >= 15 is 0 Å². The van der Waals surface area contributed by atoms with Gasteiger partial charge in [-0.3, -0.25) is 4.79 Å². The summed E-state index contributed by atoms with van der Waals surface area (Å²) in [6, 6.07) is 12.4. The van der Waals surface area contributed by atoms with E-state index in [-0.39, 0.29) is 30.3 Å². The molecular formula is C17H16BFO3. The minimum atomic E-state index is -1.08. The molecule has 2 aromatic carbocycles. The van der Waals surface area contributed by atoms with Gasteiger partial charge in [0.15, 0.2) is 5.78 Å². The highest BCUT2D eigenvalue weighted by atomic mass is 19.1. The number of fused-ring (bicyclic) bond motifs is 1. The van der Waals surface area contributed by atoms with Crippen molar-refractivity contribution in [3.8, 4) is 0 Å². The van der Waals surface area contributed by atoms with E-state index in [1.807, 2.05) is 37.3 Å². The van der Waals surface area contributed by atoms with Crippen LogP contribution in [0.3, 0.4) is 0 Å². The van der Waals surface area contributed by atoms with E-state index in [0.29, 0.717) is 11.0 Å². The van der Waals surface area contributed by atoms with Crippen LogP contribution >= 0.6 is 0 Å². The lowest BCUT2D eigenvalue weighted by molar-refractivity contribution is 0.0972. The number of halogens is 1. The quantitative estimate of drug-likeness (QED) is 0.696. The summed E-state index contributed by atoms with van der Waals surface area (Å²) in [5.74, 6) is -0.819. The van der Waals surface area contributed by atoms with E-state index in [9.17, 15) is 14.2 Å². The maximum absolute atomic E-state index is 14.1. The zero-order chi connectivity index (χ0) is 15.7. The number of hydrogen-bond donors (Lipinski definition) is 1. The van der Waals surface area contributed by atoms with Crippen molar-refractivity contribution in [1.82, 2.24) is 0 Å². The van der Waals surface area contributed by atoms with E-state index < -0.39 is 12.9 Å². The average molecular weight is 298 g/mol. The smallest absolute Gasteiger partial charge is 0.423 e. The number of hydrogen-bond acceptors (Lipinski definition) is 3. The number of carbonyl (C=O) groups is 1. The first-order valence-electron chi connectivity index (χ1n) is 7.26. The van der Waals surface area contributed by atoms with E-state index in [1.165, 1.54) is 12.1 Å². The van der Waals surface area contributed by atoms with Crippen molar-refractivity contribution in [2.75, 3.05) is 0 Å². The monoisotopic (exact) mass is 298 g/mol. The van der Waals surface area contributed by atoms with Crippen LogP contribution in [0, 0.1) is 5.82 Å². The summed E-state index contributed by atoms with van der Waals surface area (Å²) in [6.45, 7) is 2.11. The van der Waals surface area contributed by atoms with E-state index in [1.54, 1.807) is 0 Å². The minimum Gasteiger partial charge on any atom is -0.423 e. The van der Waals surface area contributed by atoms with Crippen molar-refractivity contribution in [3.05, 3.63) is 65.0 Å². The maximum Gasteiger partial charge on any atom is 0.491 e. The molecule has 1 unspecified atom stereocenters. The molecule has 3 rings (SSSR count). The topological polar surface area (TPSA) is 46.5 Å². The molecular weight excluding hydrogens is 282 g/mol. The molecule has 1 aliphatic rings. The maximum atomic E-state index is 14.1. The highest BCUT2D eigenvalue weighted by molar-refractivity contribution is 6.61. The number of carbonyl (C=O) groups excluding carboxylic acids is 1. The van der Waals surface area contributed by atoms with Crippen molar-refractivity contribution < 1.29 is 18.9 Å². The van der Waals surface area contributed by atoms with Gasteiger partial charge in [-0.05, 0) is 34.6 Å². The highest BCUT2D eigenvalue weighted by Crippen LogP contribution is 2.23. The molecule has 1 atom stereocenters. The summed E-state index contributed by atoms with van der Waals surface area (Å²) in [7, 11) is -1.08. The van der Waals surface area contributed by atoms with Gasteiger partial charge in [-0.2, -0.15) is 0 Å². The molecule has 0 amide bonds. The zero-order valence-electron chi connectivity index (χ0n) is 12.3. The first-order valence-corrected chi connectivity index (χ1v) is 7.26. The average Bonchev–Trinajstić information content (AvgIpc) is 2.87. The number of ketones is 1. The van der Waals surface area contributed by atoms with Crippen molar-refractivity contribution in [2.24, 2.45) is 0 Å². The summed E-state index contributed by atoms with van der Waals surface area (Å²) >= 11 is 0. The molecule has 22 heavy (non-hydrogen) atoms. The summed E-state index contributed by atoms with van der Waals surface area (Å²) in [5, 5.41) is 9.68. The predicted octanol–water partition coefficient (Wildman–Crippen LogP) is 2.42. The van der Waals surface area contributed by atoms with Gasteiger partial charge in [0.25, 0.3) is 0 Å². The standard InChI is InChI=1S/C17H16BFO3/c1-11(12-5-3-2-4-6-12)7-17(20)14-9-15-13(8-16(14)19)10-22-18(15)21/h2-6,8-9,11,21H,7,10H2,1H3. The first-order chi connectivity index (χ1) is 10.6. The normalized spacial score (nSPS) is 14.8. The molecule has 0 aromatic heterocycles. The van der Waals surface area contributed by atoms with Crippen LogP contribution in [-0.4, -0.2) is 17.9 Å². The molecule has 0 saturated heterocycles. The lowest BCUT2D eigenvalue weighted by atomic mass is 9.78. The van der Waals surface area contributed by atoms with Crippen LogP contribution < -0.4 is 5.46 Å². The second-order valence-electron chi connectivity index (χ2n) is 5.63. The Morgan fingerprint density at radius 1 is 1.36 bits per heavy atom. The van der Waals surface area contributed by atoms with E-state index in [0.717, 1.165) is 5.56 Å². The van der Waals surface area contributed by atoms with Crippen LogP contribution in [-0.2, 0) is 11.3 Å². The molecule has 0 spiro atoms. The van der Waals surface area contributed by atoms with Gasteiger partial charge in [-0.25, -0.2) is 4.39 Å². The van der Waals surface area contributed by atoms with Gasteiger partial charge in [0.1, 0.15) is 5.82 Å². The Labute approximate surface area is 128 Å². The second kappa shape index (κ2) is 6.03. The Hall–Kier alpha value is -1.98. The molecule has 1 N–H and O–H groups in total. The molecule has 1 aliphatic heterocycles. The molecule has 0 radical (unpaired) electrons. The van der Waals surface area contributed by atoms with Crippen LogP contribution in [0.5, 0.6) is 0 Å². The Balaban J connectivity index is 1.82. The van der Waals surface area contributed by atoms with Crippen molar-refractivity contribution in [1.29, 1.82) is 0 Å². The summed E-state index contributed by atoms with van der Waals surface area (Å²) in [6.07, 6.45) is 0.219. The Morgan fingerprint density at radius 3 is 2.82 bits per heavy atom. The third kappa shape index (κ3) is 2.82. The van der Waals surface area contributed by atoms with Crippen LogP contribution in [0.2, 0.25) is 0 Å². The van der Waals surface area contributed by atoms with Crippen LogP contribution in [0.25, 0.3) is 0 Å². The van der Waals surface area contributed by atoms with Gasteiger partial charge in [0.05, 0.1) is 12.2 Å². The summed E-state index contributed by atoms with van der Waals surface area (Å²) in [5.41, 5.74) is 2.14. The van der Waals surface area contributed by atoms with Crippen LogP contribution in [0.15, 0.2) is 42.5 Å². The third-order valence-electron chi connectivity index (χ3n) is 4.05. The molecule has 112 valence electrons.